The largest absolute Gasteiger partial charge is 0.303 e. The van der Waals surface area contributed by atoms with Crippen LogP contribution in [0.1, 0.15) is 99.3 Å². The number of halogens is 1. The summed E-state index contributed by atoms with van der Waals surface area (Å²) in [5, 5.41) is 0. The molecular weight excluding hydrogens is 347 g/mol. The Hall–Kier alpha value is -0.150. The monoisotopic (exact) mass is 396 g/mol. The summed E-state index contributed by atoms with van der Waals surface area (Å²) in [6.45, 7) is 20.0. The van der Waals surface area contributed by atoms with Crippen LogP contribution in [0.2, 0.25) is 0 Å². The highest BCUT2D eigenvalue weighted by atomic mass is 19.1. The molecule has 0 aromatic carbocycles. The van der Waals surface area contributed by atoms with Gasteiger partial charge in [0, 0.05) is 26.2 Å². The molecule has 166 valence electrons. The lowest BCUT2D eigenvalue weighted by Gasteiger charge is -2.55. The molecule has 28 heavy (non-hydrogen) atoms. The minimum Gasteiger partial charge on any atom is -0.303 e. The van der Waals surface area contributed by atoms with Gasteiger partial charge in [0.2, 0.25) is 0 Å². The van der Waals surface area contributed by atoms with Crippen LogP contribution in [-0.4, -0.2) is 54.7 Å². The zero-order valence-electron chi connectivity index (χ0n) is 20.0. The van der Waals surface area contributed by atoms with E-state index >= 15 is 4.39 Å². The standard InChI is InChI=1S/C21H39FN2.C4H10/c1-4-7-21(22,8-5-2)18-24-16-20(17-24)11-13-23(14-12-20)15-19(6-3)9-10-19;1-4(2)3/h4-18H2,1-3H3;4H,1-3H3. The zero-order valence-corrected chi connectivity index (χ0v) is 20.0. The number of nitrogens with zero attached hydrogens (tertiary/aromatic N) is 2. The van der Waals surface area contributed by atoms with Crippen LogP contribution < -0.4 is 0 Å². The van der Waals surface area contributed by atoms with E-state index in [1.807, 2.05) is 0 Å². The molecule has 0 radical (unpaired) electrons. The number of rotatable bonds is 9. The quantitative estimate of drug-likeness (QED) is 0.436. The Morgan fingerprint density at radius 2 is 1.36 bits per heavy atom. The van der Waals surface area contributed by atoms with Gasteiger partial charge < -0.3 is 4.90 Å². The summed E-state index contributed by atoms with van der Waals surface area (Å²) in [5.74, 6) is 0.833. The molecule has 0 atom stereocenters. The van der Waals surface area contributed by atoms with Crippen LogP contribution in [0.5, 0.6) is 0 Å². The van der Waals surface area contributed by atoms with Crippen LogP contribution in [0.15, 0.2) is 0 Å². The summed E-state index contributed by atoms with van der Waals surface area (Å²) in [7, 11) is 0. The molecule has 2 nitrogen and oxygen atoms in total. The molecule has 2 heterocycles. The van der Waals surface area contributed by atoms with Gasteiger partial charge in [-0.3, -0.25) is 4.90 Å². The summed E-state index contributed by atoms with van der Waals surface area (Å²) >= 11 is 0. The smallest absolute Gasteiger partial charge is 0.123 e. The van der Waals surface area contributed by atoms with Crippen molar-refractivity contribution >= 4 is 0 Å². The molecule has 0 aromatic rings. The van der Waals surface area contributed by atoms with E-state index < -0.39 is 5.67 Å². The molecule has 0 unspecified atom stereocenters. The fourth-order valence-electron chi connectivity index (χ4n) is 5.37. The first-order valence-electron chi connectivity index (χ1n) is 12.3. The zero-order chi connectivity index (χ0) is 20.8. The van der Waals surface area contributed by atoms with Gasteiger partial charge in [-0.15, -0.1) is 0 Å². The van der Waals surface area contributed by atoms with E-state index in [1.54, 1.807) is 0 Å². The van der Waals surface area contributed by atoms with E-state index in [1.165, 1.54) is 51.7 Å². The van der Waals surface area contributed by atoms with E-state index in [-0.39, 0.29) is 0 Å². The van der Waals surface area contributed by atoms with Gasteiger partial charge in [0.25, 0.3) is 0 Å². The molecular formula is C25H49FN2. The molecule has 3 rings (SSSR count). The van der Waals surface area contributed by atoms with Crippen LogP contribution in [0, 0.1) is 16.7 Å². The van der Waals surface area contributed by atoms with Crippen molar-refractivity contribution < 1.29 is 4.39 Å². The van der Waals surface area contributed by atoms with E-state index in [0.29, 0.717) is 17.4 Å². The molecule has 1 saturated carbocycles. The number of likely N-dealkylation sites (tertiary alicyclic amines) is 2. The molecule has 2 aliphatic heterocycles. The average Bonchev–Trinajstić information content (AvgIpc) is 3.35. The Labute approximate surface area is 175 Å². The molecule has 0 N–H and O–H groups in total. The lowest BCUT2D eigenvalue weighted by atomic mass is 9.71. The highest BCUT2D eigenvalue weighted by Gasteiger charge is 2.48. The Morgan fingerprint density at radius 1 is 0.857 bits per heavy atom. The maximum atomic E-state index is 15.1. The fraction of sp³-hybridized carbons (Fsp3) is 1.00. The Morgan fingerprint density at radius 3 is 1.75 bits per heavy atom. The lowest BCUT2D eigenvalue weighted by molar-refractivity contribution is -0.0754. The van der Waals surface area contributed by atoms with Crippen LogP contribution in [0.4, 0.5) is 4.39 Å². The Bertz CT molecular complexity index is 433. The maximum Gasteiger partial charge on any atom is 0.123 e. The predicted molar refractivity (Wildman–Crippen MR) is 121 cm³/mol. The second kappa shape index (κ2) is 10.2. The molecule has 1 spiro atoms. The predicted octanol–water partition coefficient (Wildman–Crippen LogP) is 6.55. The highest BCUT2D eigenvalue weighted by Crippen LogP contribution is 2.50. The van der Waals surface area contributed by atoms with Gasteiger partial charge in [0.1, 0.15) is 5.67 Å². The van der Waals surface area contributed by atoms with Crippen molar-refractivity contribution in [3.05, 3.63) is 0 Å². The number of hydrogen-bond acceptors (Lipinski definition) is 2. The van der Waals surface area contributed by atoms with Crippen molar-refractivity contribution in [1.29, 1.82) is 0 Å². The van der Waals surface area contributed by atoms with Gasteiger partial charge in [0.15, 0.2) is 0 Å². The van der Waals surface area contributed by atoms with Crippen LogP contribution in [0.3, 0.4) is 0 Å². The molecule has 0 amide bonds. The summed E-state index contributed by atoms with van der Waals surface area (Å²) < 4.78 is 15.1. The Balaban J connectivity index is 0.000000640. The summed E-state index contributed by atoms with van der Waals surface area (Å²) in [6, 6.07) is 0. The van der Waals surface area contributed by atoms with Crippen LogP contribution in [-0.2, 0) is 0 Å². The summed E-state index contributed by atoms with van der Waals surface area (Å²) in [5.41, 5.74) is 0.272. The summed E-state index contributed by atoms with van der Waals surface area (Å²) in [4.78, 5) is 5.13. The minimum atomic E-state index is -0.939. The van der Waals surface area contributed by atoms with E-state index in [9.17, 15) is 0 Å². The van der Waals surface area contributed by atoms with Crippen molar-refractivity contribution in [2.24, 2.45) is 16.7 Å². The van der Waals surface area contributed by atoms with Gasteiger partial charge in [-0.25, -0.2) is 4.39 Å². The number of hydrogen-bond donors (Lipinski definition) is 0. The van der Waals surface area contributed by atoms with Crippen molar-refractivity contribution in [3.8, 4) is 0 Å². The first-order chi connectivity index (χ1) is 13.2. The molecule has 0 aromatic heterocycles. The fourth-order valence-corrected chi connectivity index (χ4v) is 5.37. The van der Waals surface area contributed by atoms with Crippen molar-refractivity contribution in [1.82, 2.24) is 9.80 Å². The molecule has 3 heteroatoms. The highest BCUT2D eigenvalue weighted by molar-refractivity contribution is 5.02. The van der Waals surface area contributed by atoms with Gasteiger partial charge in [0.05, 0.1) is 0 Å². The second-order valence-corrected chi connectivity index (χ2v) is 11.2. The topological polar surface area (TPSA) is 6.48 Å². The molecule has 3 aliphatic rings. The van der Waals surface area contributed by atoms with Crippen LogP contribution >= 0.6 is 0 Å². The SMILES string of the molecule is CC(C)C.CCCC(F)(CCC)CN1CC2(CCN(CC3(CC)CC3)CC2)C1. The third kappa shape index (κ3) is 6.97. The maximum absolute atomic E-state index is 15.1. The lowest BCUT2D eigenvalue weighted by Crippen LogP contribution is -2.62. The molecule has 3 fully saturated rings. The number of alkyl halides is 1. The van der Waals surface area contributed by atoms with E-state index in [0.717, 1.165) is 44.7 Å². The van der Waals surface area contributed by atoms with E-state index in [4.69, 9.17) is 0 Å². The first-order valence-corrected chi connectivity index (χ1v) is 12.3. The van der Waals surface area contributed by atoms with Gasteiger partial charge >= 0.3 is 0 Å². The Kier molecular flexibility index (Phi) is 8.83. The second-order valence-electron chi connectivity index (χ2n) is 11.2. The molecule has 0 bridgehead atoms. The summed E-state index contributed by atoms with van der Waals surface area (Å²) in [6.07, 6.45) is 10.3. The third-order valence-corrected chi connectivity index (χ3v) is 7.20. The minimum absolute atomic E-state index is 0.527. The van der Waals surface area contributed by atoms with Gasteiger partial charge in [-0.2, -0.15) is 0 Å². The van der Waals surface area contributed by atoms with Gasteiger partial charge in [-0.05, 0) is 74.8 Å². The normalized spacial score (nSPS) is 24.0. The van der Waals surface area contributed by atoms with Crippen LogP contribution in [0.25, 0.3) is 0 Å². The van der Waals surface area contributed by atoms with Crippen molar-refractivity contribution in [2.45, 2.75) is 105 Å². The van der Waals surface area contributed by atoms with Gasteiger partial charge in [-0.1, -0.05) is 54.4 Å². The molecule has 1 aliphatic carbocycles. The number of piperidine rings is 1. The average molecular weight is 397 g/mol. The first kappa shape index (κ1) is 24.1. The van der Waals surface area contributed by atoms with Crippen molar-refractivity contribution in [3.63, 3.8) is 0 Å². The molecule has 2 saturated heterocycles. The van der Waals surface area contributed by atoms with E-state index in [2.05, 4.69) is 51.3 Å². The third-order valence-electron chi connectivity index (χ3n) is 7.20. The van der Waals surface area contributed by atoms with Crippen molar-refractivity contribution in [2.75, 3.05) is 39.3 Å².